The molecule has 0 saturated carbocycles. The third-order valence-electron chi connectivity index (χ3n) is 7.18. The third kappa shape index (κ3) is 8.88. The number of carbonyl (C=O) groups excluding carboxylic acids is 1. The number of nitrogens with two attached hydrogens (primary N) is 1. The number of carbonyl (C=O) groups is 1. The lowest BCUT2D eigenvalue weighted by molar-refractivity contribution is -0.119. The third-order valence-corrected chi connectivity index (χ3v) is 9.22. The van der Waals surface area contributed by atoms with E-state index in [1.54, 1.807) is 24.3 Å². The highest BCUT2D eigenvalue weighted by Gasteiger charge is 2.38. The number of anilines is 1. The fraction of sp³-hybridized carbons (Fsp3) is 0.452. The van der Waals surface area contributed by atoms with Crippen LogP contribution in [0.5, 0.6) is 0 Å². The van der Waals surface area contributed by atoms with E-state index >= 15 is 4.39 Å². The highest BCUT2D eigenvalue weighted by molar-refractivity contribution is 7.91. The quantitative estimate of drug-likeness (QED) is 0.188. The molecule has 3 aromatic rings. The molecule has 2 heterocycles. The summed E-state index contributed by atoms with van der Waals surface area (Å²) in [5.74, 6) is 0.411. The van der Waals surface area contributed by atoms with Gasteiger partial charge in [0.2, 0.25) is 17.6 Å². The van der Waals surface area contributed by atoms with Crippen molar-refractivity contribution in [2.45, 2.75) is 49.6 Å². The molecule has 1 aliphatic heterocycles. The molecule has 0 radical (unpaired) electrons. The number of nitrogens with zero attached hydrogens (tertiary/aromatic N) is 3. The van der Waals surface area contributed by atoms with Gasteiger partial charge in [-0.3, -0.25) is 4.79 Å². The number of hydrogen-bond donors (Lipinski definition) is 1. The van der Waals surface area contributed by atoms with E-state index in [4.69, 9.17) is 42.5 Å². The molecule has 1 aromatic heterocycles. The molecule has 4 rings (SSSR count). The first kappa shape index (κ1) is 34.5. The summed E-state index contributed by atoms with van der Waals surface area (Å²) in [4.78, 5) is 18.7. The SMILES string of the molecule is C#CCOCCOCCOCCCC(C)(C)c1nc(-c2cc3c(cc2F)S(=O)(=O)C[C@H](N)C(=O)N3Cc2ccc(Cl)cc2)no1. The van der Waals surface area contributed by atoms with Gasteiger partial charge in [0.25, 0.3) is 0 Å². The smallest absolute Gasteiger partial charge is 0.245 e. The average Bonchev–Trinajstić information content (AvgIpc) is 3.48. The van der Waals surface area contributed by atoms with Crippen LogP contribution < -0.4 is 10.6 Å². The number of hydrogen-bond acceptors (Lipinski definition) is 10. The Hall–Kier alpha value is -3.38. The van der Waals surface area contributed by atoms with Crippen LogP contribution in [-0.2, 0) is 40.8 Å². The fourth-order valence-corrected chi connectivity index (χ4v) is 6.42. The van der Waals surface area contributed by atoms with Gasteiger partial charge < -0.3 is 29.4 Å². The summed E-state index contributed by atoms with van der Waals surface area (Å²) < 4.78 is 63.5. The second-order valence-corrected chi connectivity index (χ2v) is 13.6. The summed E-state index contributed by atoms with van der Waals surface area (Å²) in [7, 11) is -4.10. The topological polar surface area (TPSA) is 147 Å². The Bertz CT molecular complexity index is 1620. The standard InChI is InChI=1S/C31H36ClFN4O7S/c1-4-11-41-13-15-43-16-14-42-12-5-10-31(2,3)30-35-28(36-44-30)23-17-26-27(18-24(23)33)45(39,40)20-25(34)29(38)37(26)19-21-6-8-22(32)9-7-21/h1,6-9,17-18,25H,5,10-16,19-20,34H2,2-3H3/t25-/m0/s1. The number of benzene rings is 2. The number of rotatable bonds is 15. The minimum absolute atomic E-state index is 0.0169. The van der Waals surface area contributed by atoms with Crippen molar-refractivity contribution in [2.24, 2.45) is 5.73 Å². The molecule has 0 spiro atoms. The first-order chi connectivity index (χ1) is 21.4. The van der Waals surface area contributed by atoms with Crippen LogP contribution in [0.1, 0.15) is 38.1 Å². The average molecular weight is 663 g/mol. The molecule has 1 atom stereocenters. The molecule has 11 nitrogen and oxygen atoms in total. The lowest BCUT2D eigenvalue weighted by Gasteiger charge is -2.24. The second-order valence-electron chi connectivity index (χ2n) is 11.1. The summed E-state index contributed by atoms with van der Waals surface area (Å²) in [6.07, 6.45) is 6.42. The number of ether oxygens (including phenoxy) is 3. The van der Waals surface area contributed by atoms with Crippen LogP contribution in [0.2, 0.25) is 5.02 Å². The van der Waals surface area contributed by atoms with Gasteiger partial charge in [0, 0.05) is 17.0 Å². The molecule has 1 amide bonds. The van der Waals surface area contributed by atoms with Crippen LogP contribution in [0.15, 0.2) is 45.8 Å². The molecular formula is C31H36ClFN4O7S. The Labute approximate surface area is 267 Å². The minimum atomic E-state index is -4.10. The first-order valence-electron chi connectivity index (χ1n) is 14.3. The van der Waals surface area contributed by atoms with Crippen molar-refractivity contribution >= 4 is 33.0 Å². The van der Waals surface area contributed by atoms with Gasteiger partial charge in [-0.2, -0.15) is 4.98 Å². The van der Waals surface area contributed by atoms with Crippen LogP contribution in [-0.4, -0.2) is 75.9 Å². The molecule has 242 valence electrons. The molecule has 2 aromatic carbocycles. The lowest BCUT2D eigenvalue weighted by Crippen LogP contribution is -2.45. The van der Waals surface area contributed by atoms with Gasteiger partial charge in [0.1, 0.15) is 12.4 Å². The van der Waals surface area contributed by atoms with E-state index in [9.17, 15) is 13.2 Å². The van der Waals surface area contributed by atoms with Crippen molar-refractivity contribution in [2.75, 3.05) is 50.3 Å². The van der Waals surface area contributed by atoms with E-state index in [0.717, 1.165) is 6.07 Å². The van der Waals surface area contributed by atoms with Gasteiger partial charge in [-0.1, -0.05) is 48.7 Å². The van der Waals surface area contributed by atoms with Crippen LogP contribution in [0.4, 0.5) is 10.1 Å². The Kier molecular flexibility index (Phi) is 11.7. The van der Waals surface area contributed by atoms with Gasteiger partial charge in [-0.15, -0.1) is 6.42 Å². The number of aromatic nitrogens is 2. The highest BCUT2D eigenvalue weighted by atomic mass is 35.5. The predicted molar refractivity (Wildman–Crippen MR) is 166 cm³/mol. The summed E-state index contributed by atoms with van der Waals surface area (Å²) in [6, 6.07) is 7.51. The Morgan fingerprint density at radius 3 is 2.49 bits per heavy atom. The van der Waals surface area contributed by atoms with Crippen LogP contribution in [0.3, 0.4) is 0 Å². The van der Waals surface area contributed by atoms with E-state index in [1.165, 1.54) is 11.0 Å². The fourth-order valence-electron chi connectivity index (χ4n) is 4.73. The summed E-state index contributed by atoms with van der Waals surface area (Å²) in [6.45, 7) is 6.26. The summed E-state index contributed by atoms with van der Waals surface area (Å²) in [5, 5.41) is 4.49. The van der Waals surface area contributed by atoms with Gasteiger partial charge in [-0.25, -0.2) is 12.8 Å². The number of amides is 1. The van der Waals surface area contributed by atoms with E-state index in [2.05, 4.69) is 16.1 Å². The van der Waals surface area contributed by atoms with E-state index < -0.39 is 38.8 Å². The number of terminal acetylenes is 1. The van der Waals surface area contributed by atoms with E-state index in [0.29, 0.717) is 56.5 Å². The second kappa shape index (κ2) is 15.3. The zero-order valence-corrected chi connectivity index (χ0v) is 26.7. The number of sulfone groups is 1. The molecule has 0 fully saturated rings. The monoisotopic (exact) mass is 662 g/mol. The Morgan fingerprint density at radius 1 is 1.13 bits per heavy atom. The molecule has 14 heteroatoms. The van der Waals surface area contributed by atoms with Gasteiger partial charge in [0.05, 0.1) is 60.9 Å². The van der Waals surface area contributed by atoms with Crippen LogP contribution in [0, 0.1) is 18.2 Å². The maximum Gasteiger partial charge on any atom is 0.245 e. The van der Waals surface area contributed by atoms with Crippen LogP contribution in [0.25, 0.3) is 11.4 Å². The number of fused-ring (bicyclic) bond motifs is 1. The molecule has 0 bridgehead atoms. The predicted octanol–water partition coefficient (Wildman–Crippen LogP) is 3.92. The Morgan fingerprint density at radius 2 is 1.80 bits per heavy atom. The van der Waals surface area contributed by atoms with Crippen molar-refractivity contribution in [3.63, 3.8) is 0 Å². The Balaban J connectivity index is 1.48. The largest absolute Gasteiger partial charge is 0.379 e. The van der Waals surface area contributed by atoms with Gasteiger partial charge in [0.15, 0.2) is 9.84 Å². The first-order valence-corrected chi connectivity index (χ1v) is 16.3. The molecular weight excluding hydrogens is 627 g/mol. The molecule has 2 N–H and O–H groups in total. The molecule has 0 saturated heterocycles. The van der Waals surface area contributed by atoms with Crippen molar-refractivity contribution < 1.29 is 36.3 Å². The van der Waals surface area contributed by atoms with Gasteiger partial charge >= 0.3 is 0 Å². The zero-order valence-electron chi connectivity index (χ0n) is 25.1. The maximum absolute atomic E-state index is 15.5. The van der Waals surface area contributed by atoms with Crippen molar-refractivity contribution in [3.8, 4) is 23.7 Å². The maximum atomic E-state index is 15.5. The van der Waals surface area contributed by atoms with E-state index in [1.807, 2.05) is 13.8 Å². The van der Waals surface area contributed by atoms with Crippen molar-refractivity contribution in [3.05, 3.63) is 58.7 Å². The van der Waals surface area contributed by atoms with Gasteiger partial charge in [-0.05, 0) is 42.7 Å². The normalized spacial score (nSPS) is 16.3. The molecule has 0 unspecified atom stereocenters. The molecule has 45 heavy (non-hydrogen) atoms. The van der Waals surface area contributed by atoms with Crippen molar-refractivity contribution in [1.82, 2.24) is 10.1 Å². The van der Waals surface area contributed by atoms with Crippen molar-refractivity contribution in [1.29, 1.82) is 0 Å². The lowest BCUT2D eigenvalue weighted by atomic mass is 9.88. The van der Waals surface area contributed by atoms with E-state index in [-0.39, 0.29) is 41.0 Å². The molecule has 0 aliphatic carbocycles. The summed E-state index contributed by atoms with van der Waals surface area (Å²) in [5.41, 5.74) is 5.94. The zero-order chi connectivity index (χ0) is 32.6. The highest BCUT2D eigenvalue weighted by Crippen LogP contribution is 2.37. The minimum Gasteiger partial charge on any atom is -0.379 e. The summed E-state index contributed by atoms with van der Waals surface area (Å²) >= 11 is 6.00. The number of halogens is 2. The van der Waals surface area contributed by atoms with Crippen LogP contribution >= 0.6 is 11.6 Å². The molecule has 1 aliphatic rings.